The molecule has 27 heavy (non-hydrogen) atoms. The minimum Gasteiger partial charge on any atom is -0.396 e. The van der Waals surface area contributed by atoms with Crippen LogP contribution in [0.15, 0.2) is 35.4 Å². The second-order valence-corrected chi connectivity index (χ2v) is 8.40. The summed E-state index contributed by atoms with van der Waals surface area (Å²) >= 11 is 1.66. The fourth-order valence-corrected chi connectivity index (χ4v) is 5.12. The first kappa shape index (κ1) is 18.3. The highest BCUT2D eigenvalue weighted by Crippen LogP contribution is 2.33. The van der Waals surface area contributed by atoms with Gasteiger partial charge in [-0.15, -0.1) is 11.3 Å². The third kappa shape index (κ3) is 3.83. The van der Waals surface area contributed by atoms with E-state index in [0.717, 1.165) is 36.0 Å². The molecule has 3 aromatic rings. The molecule has 1 aliphatic carbocycles. The van der Waals surface area contributed by atoms with Crippen LogP contribution >= 0.6 is 11.3 Å². The lowest BCUT2D eigenvalue weighted by molar-refractivity contribution is 0.279. The number of aromatic nitrogens is 2. The maximum Gasteiger partial charge on any atom is 0.262 e. The van der Waals surface area contributed by atoms with Gasteiger partial charge in [0.15, 0.2) is 0 Å². The normalized spacial score (nSPS) is 16.6. The SMILES string of the molecule is Cc1cccc(CNC2CCc3c(sc4ncn(CCCO)c(=O)c34)C2)c1. The molecule has 1 unspecified atom stereocenters. The summed E-state index contributed by atoms with van der Waals surface area (Å²) in [7, 11) is 0. The second-order valence-electron chi connectivity index (χ2n) is 7.31. The van der Waals surface area contributed by atoms with E-state index in [1.165, 1.54) is 21.6 Å². The van der Waals surface area contributed by atoms with Gasteiger partial charge in [0.1, 0.15) is 4.83 Å². The maximum absolute atomic E-state index is 12.8. The molecule has 5 nitrogen and oxygen atoms in total. The lowest BCUT2D eigenvalue weighted by Crippen LogP contribution is -2.33. The molecule has 0 radical (unpaired) electrons. The third-order valence-corrected chi connectivity index (χ3v) is 6.43. The molecule has 6 heteroatoms. The van der Waals surface area contributed by atoms with Crippen LogP contribution in [0.25, 0.3) is 10.2 Å². The molecule has 0 bridgehead atoms. The van der Waals surface area contributed by atoms with E-state index in [2.05, 4.69) is 41.5 Å². The average molecular weight is 384 g/mol. The van der Waals surface area contributed by atoms with Crippen LogP contribution < -0.4 is 10.9 Å². The van der Waals surface area contributed by atoms with E-state index in [0.29, 0.717) is 19.0 Å². The first-order valence-electron chi connectivity index (χ1n) is 9.55. The Balaban J connectivity index is 1.52. The zero-order chi connectivity index (χ0) is 18.8. The molecule has 1 aromatic carbocycles. The topological polar surface area (TPSA) is 67.2 Å². The Kier molecular flexibility index (Phi) is 5.38. The maximum atomic E-state index is 12.8. The smallest absolute Gasteiger partial charge is 0.262 e. The van der Waals surface area contributed by atoms with Crippen LogP contribution in [0.4, 0.5) is 0 Å². The molecule has 0 spiro atoms. The van der Waals surface area contributed by atoms with Crippen LogP contribution in [-0.2, 0) is 25.9 Å². The number of fused-ring (bicyclic) bond motifs is 3. The molecule has 0 saturated carbocycles. The summed E-state index contributed by atoms with van der Waals surface area (Å²) < 4.78 is 1.63. The summed E-state index contributed by atoms with van der Waals surface area (Å²) in [6.45, 7) is 3.59. The summed E-state index contributed by atoms with van der Waals surface area (Å²) in [5, 5.41) is 13.5. The minimum absolute atomic E-state index is 0.0390. The van der Waals surface area contributed by atoms with Crippen molar-refractivity contribution in [1.82, 2.24) is 14.9 Å². The second kappa shape index (κ2) is 7.92. The Morgan fingerprint density at radius 3 is 3.11 bits per heavy atom. The van der Waals surface area contributed by atoms with Gasteiger partial charge in [0.05, 0.1) is 11.7 Å². The molecule has 1 aliphatic rings. The quantitative estimate of drug-likeness (QED) is 0.687. The van der Waals surface area contributed by atoms with Crippen molar-refractivity contribution >= 4 is 21.6 Å². The van der Waals surface area contributed by atoms with Gasteiger partial charge >= 0.3 is 0 Å². The average Bonchev–Trinajstić information content (AvgIpc) is 3.04. The van der Waals surface area contributed by atoms with Crippen molar-refractivity contribution < 1.29 is 5.11 Å². The highest BCUT2D eigenvalue weighted by molar-refractivity contribution is 7.18. The van der Waals surface area contributed by atoms with Gasteiger partial charge in [0.2, 0.25) is 0 Å². The minimum atomic E-state index is 0.0390. The number of hydrogen-bond acceptors (Lipinski definition) is 5. The lowest BCUT2D eigenvalue weighted by atomic mass is 9.93. The Morgan fingerprint density at radius 2 is 2.30 bits per heavy atom. The molecule has 0 aliphatic heterocycles. The molecule has 4 rings (SSSR count). The summed E-state index contributed by atoms with van der Waals surface area (Å²) in [6.07, 6.45) is 5.11. The molecule has 0 saturated heterocycles. The van der Waals surface area contributed by atoms with E-state index in [1.54, 1.807) is 22.2 Å². The van der Waals surface area contributed by atoms with E-state index >= 15 is 0 Å². The fourth-order valence-electron chi connectivity index (χ4n) is 3.86. The summed E-state index contributed by atoms with van der Waals surface area (Å²) in [4.78, 5) is 19.5. The van der Waals surface area contributed by atoms with Gasteiger partial charge in [0, 0.05) is 30.6 Å². The number of nitrogens with one attached hydrogen (secondary N) is 1. The zero-order valence-electron chi connectivity index (χ0n) is 15.6. The summed E-state index contributed by atoms with van der Waals surface area (Å²) in [5.41, 5.74) is 3.83. The van der Waals surface area contributed by atoms with E-state index in [9.17, 15) is 4.79 Å². The highest BCUT2D eigenvalue weighted by atomic mass is 32.1. The van der Waals surface area contributed by atoms with E-state index < -0.39 is 0 Å². The van der Waals surface area contributed by atoms with Gasteiger partial charge in [-0.1, -0.05) is 29.8 Å². The fraction of sp³-hybridized carbons (Fsp3) is 0.429. The lowest BCUT2D eigenvalue weighted by Gasteiger charge is -2.23. The number of nitrogens with zero attached hydrogens (tertiary/aromatic N) is 2. The molecule has 0 fully saturated rings. The first-order valence-corrected chi connectivity index (χ1v) is 10.4. The Hall–Kier alpha value is -2.02. The number of hydrogen-bond donors (Lipinski definition) is 2. The van der Waals surface area contributed by atoms with Crippen molar-refractivity contribution in [3.05, 3.63) is 62.5 Å². The number of benzene rings is 1. The number of aliphatic hydroxyl groups excluding tert-OH is 1. The Morgan fingerprint density at radius 1 is 1.41 bits per heavy atom. The molecule has 1 atom stereocenters. The number of aliphatic hydroxyl groups is 1. The zero-order valence-corrected chi connectivity index (χ0v) is 16.4. The molecule has 0 amide bonds. The standard InChI is InChI=1S/C21H25N3O2S/c1-14-4-2-5-15(10-14)12-22-16-6-7-17-18(11-16)27-20-19(17)21(26)24(13-23-20)8-3-9-25/h2,4-5,10,13,16,22,25H,3,6-9,11-12H2,1H3. The van der Waals surface area contributed by atoms with Gasteiger partial charge in [-0.25, -0.2) is 4.98 Å². The van der Waals surface area contributed by atoms with Crippen molar-refractivity contribution in [1.29, 1.82) is 0 Å². The first-order chi connectivity index (χ1) is 13.2. The third-order valence-electron chi connectivity index (χ3n) is 5.27. The van der Waals surface area contributed by atoms with Crippen LogP contribution in [0.5, 0.6) is 0 Å². The highest BCUT2D eigenvalue weighted by Gasteiger charge is 2.25. The monoisotopic (exact) mass is 383 g/mol. The molecular weight excluding hydrogens is 358 g/mol. The predicted octanol–water partition coefficient (Wildman–Crippen LogP) is 2.80. The van der Waals surface area contributed by atoms with Crippen LogP contribution in [0.1, 0.15) is 34.4 Å². The van der Waals surface area contributed by atoms with E-state index in [4.69, 9.17) is 5.11 Å². The van der Waals surface area contributed by atoms with Gasteiger partial charge in [-0.3, -0.25) is 9.36 Å². The van der Waals surface area contributed by atoms with Crippen LogP contribution in [0, 0.1) is 6.92 Å². The molecule has 2 N–H and O–H groups in total. The Labute approximate surface area is 162 Å². The molecule has 2 heterocycles. The number of aryl methyl sites for hydroxylation is 3. The number of rotatable bonds is 6. The van der Waals surface area contributed by atoms with E-state index in [1.807, 2.05) is 0 Å². The van der Waals surface area contributed by atoms with Crippen LogP contribution in [0.2, 0.25) is 0 Å². The van der Waals surface area contributed by atoms with Crippen molar-refractivity contribution in [2.75, 3.05) is 6.61 Å². The van der Waals surface area contributed by atoms with Gasteiger partial charge in [0.25, 0.3) is 5.56 Å². The Bertz CT molecular complexity index is 1010. The van der Waals surface area contributed by atoms with Crippen molar-refractivity contribution in [2.24, 2.45) is 0 Å². The van der Waals surface area contributed by atoms with Gasteiger partial charge in [-0.05, 0) is 43.7 Å². The van der Waals surface area contributed by atoms with Gasteiger partial charge in [-0.2, -0.15) is 0 Å². The van der Waals surface area contributed by atoms with Gasteiger partial charge < -0.3 is 10.4 Å². The largest absolute Gasteiger partial charge is 0.396 e. The van der Waals surface area contributed by atoms with Crippen molar-refractivity contribution in [3.8, 4) is 0 Å². The van der Waals surface area contributed by atoms with Crippen molar-refractivity contribution in [2.45, 2.75) is 51.7 Å². The predicted molar refractivity (Wildman–Crippen MR) is 109 cm³/mol. The molecular formula is C21H25N3O2S. The molecule has 142 valence electrons. The summed E-state index contributed by atoms with van der Waals surface area (Å²) in [5.74, 6) is 0. The summed E-state index contributed by atoms with van der Waals surface area (Å²) in [6, 6.07) is 9.03. The molecule has 2 aromatic heterocycles. The van der Waals surface area contributed by atoms with Crippen LogP contribution in [0.3, 0.4) is 0 Å². The number of thiophene rings is 1. The van der Waals surface area contributed by atoms with Crippen LogP contribution in [-0.4, -0.2) is 27.3 Å². The van der Waals surface area contributed by atoms with E-state index in [-0.39, 0.29) is 12.2 Å². The van der Waals surface area contributed by atoms with Crippen molar-refractivity contribution in [3.63, 3.8) is 0 Å².